The first kappa shape index (κ1) is 19.1. The topological polar surface area (TPSA) is 118 Å². The normalized spacial score (nSPS) is 33.5. The summed E-state index contributed by atoms with van der Waals surface area (Å²) in [5.41, 5.74) is 1.35. The van der Waals surface area contributed by atoms with Gasteiger partial charge in [-0.25, -0.2) is 0 Å². The van der Waals surface area contributed by atoms with Gasteiger partial charge in [0.1, 0.15) is 35.9 Å². The first-order valence-electron chi connectivity index (χ1n) is 8.99. The Labute approximate surface area is 161 Å². The summed E-state index contributed by atoms with van der Waals surface area (Å²) >= 11 is 0. The maximum atomic E-state index is 10.5. The molecule has 2 aromatic carbocycles. The van der Waals surface area contributed by atoms with E-state index in [1.807, 2.05) is 0 Å². The van der Waals surface area contributed by atoms with Crippen molar-refractivity contribution in [2.24, 2.45) is 0 Å². The molecule has 0 spiro atoms. The number of phenols is 2. The summed E-state index contributed by atoms with van der Waals surface area (Å²) in [7, 11) is 0. The van der Waals surface area contributed by atoms with Crippen molar-refractivity contribution in [3.05, 3.63) is 59.7 Å². The highest BCUT2D eigenvalue weighted by atomic mass is 16.7. The van der Waals surface area contributed by atoms with Crippen molar-refractivity contribution in [1.82, 2.24) is 0 Å². The molecular formula is C20H22O8. The molecule has 4 N–H and O–H groups in total. The number of rotatable bonds is 3. The molecule has 0 amide bonds. The van der Waals surface area contributed by atoms with Crippen LogP contribution in [0.2, 0.25) is 0 Å². The maximum absolute atomic E-state index is 10.5. The smallest absolute Gasteiger partial charge is 0.184 e. The lowest BCUT2D eigenvalue weighted by Gasteiger charge is -2.28. The molecule has 2 saturated heterocycles. The first-order valence-corrected chi connectivity index (χ1v) is 8.99. The highest BCUT2D eigenvalue weighted by Gasteiger charge is 2.43. The molecule has 2 fully saturated rings. The Morgan fingerprint density at radius 1 is 0.679 bits per heavy atom. The summed E-state index contributed by atoms with van der Waals surface area (Å²) in [4.78, 5) is 0. The quantitative estimate of drug-likeness (QED) is 0.620. The summed E-state index contributed by atoms with van der Waals surface area (Å²) in [6, 6.07) is 12.7. The van der Waals surface area contributed by atoms with Gasteiger partial charge in [-0.2, -0.15) is 0 Å². The highest BCUT2D eigenvalue weighted by molar-refractivity contribution is 5.27. The summed E-state index contributed by atoms with van der Waals surface area (Å²) in [6.07, 6.45) is -5.41. The third kappa shape index (κ3) is 3.97. The minimum absolute atomic E-state index is 0.109. The molecule has 2 aliphatic rings. The average molecular weight is 390 g/mol. The van der Waals surface area contributed by atoms with E-state index < -0.39 is 37.0 Å². The van der Waals surface area contributed by atoms with Gasteiger partial charge in [-0.15, -0.1) is 0 Å². The molecule has 4 rings (SSSR count). The van der Waals surface area contributed by atoms with E-state index in [-0.39, 0.29) is 24.7 Å². The van der Waals surface area contributed by atoms with Crippen LogP contribution in [0.25, 0.3) is 0 Å². The van der Waals surface area contributed by atoms with Crippen LogP contribution in [-0.4, -0.2) is 58.1 Å². The molecule has 2 aromatic rings. The van der Waals surface area contributed by atoms with Gasteiger partial charge in [0, 0.05) is 11.1 Å². The molecule has 2 unspecified atom stereocenters. The molecule has 2 heterocycles. The molecule has 0 radical (unpaired) electrons. The summed E-state index contributed by atoms with van der Waals surface area (Å²) < 4.78 is 23.1. The van der Waals surface area contributed by atoms with E-state index >= 15 is 0 Å². The van der Waals surface area contributed by atoms with Crippen molar-refractivity contribution in [3.8, 4) is 11.5 Å². The second-order valence-electron chi connectivity index (χ2n) is 6.85. The van der Waals surface area contributed by atoms with Gasteiger partial charge in [-0.05, 0) is 24.3 Å². The Kier molecular flexibility index (Phi) is 5.49. The molecule has 8 heteroatoms. The highest BCUT2D eigenvalue weighted by Crippen LogP contribution is 2.35. The largest absolute Gasteiger partial charge is 0.508 e. The zero-order valence-corrected chi connectivity index (χ0v) is 14.9. The van der Waals surface area contributed by atoms with Crippen LogP contribution in [0.1, 0.15) is 23.7 Å². The van der Waals surface area contributed by atoms with E-state index in [2.05, 4.69) is 0 Å². The molecule has 8 nitrogen and oxygen atoms in total. The standard InChI is InChI=1S/C20H22O8/c21-13-5-1-11(2-6-13)19-26-10-16(27-19)18-17(24)15(23)9-25-20(28-18)12-3-7-14(22)8-4-12/h1-8,15-24H,9-10H2/t15-,16+,17-,18-,19?,20?/m1/s1. The number of ether oxygens (including phenoxy) is 4. The van der Waals surface area contributed by atoms with Crippen LogP contribution in [0.15, 0.2) is 48.5 Å². The van der Waals surface area contributed by atoms with Crippen molar-refractivity contribution in [2.75, 3.05) is 13.2 Å². The van der Waals surface area contributed by atoms with Crippen molar-refractivity contribution < 1.29 is 39.4 Å². The number of hydrogen-bond acceptors (Lipinski definition) is 8. The van der Waals surface area contributed by atoms with Gasteiger partial charge in [0.15, 0.2) is 12.6 Å². The van der Waals surface area contributed by atoms with Gasteiger partial charge in [0.2, 0.25) is 0 Å². The zero-order chi connectivity index (χ0) is 19.7. The van der Waals surface area contributed by atoms with Crippen LogP contribution in [0, 0.1) is 0 Å². The predicted octanol–water partition coefficient (Wildman–Crippen LogP) is 1.35. The van der Waals surface area contributed by atoms with Crippen molar-refractivity contribution in [1.29, 1.82) is 0 Å². The van der Waals surface area contributed by atoms with Crippen molar-refractivity contribution in [2.45, 2.75) is 37.0 Å². The zero-order valence-electron chi connectivity index (χ0n) is 14.9. The van der Waals surface area contributed by atoms with Crippen molar-refractivity contribution >= 4 is 0 Å². The van der Waals surface area contributed by atoms with Crippen LogP contribution < -0.4 is 0 Å². The average Bonchev–Trinajstić information content (AvgIpc) is 3.13. The van der Waals surface area contributed by atoms with Crippen LogP contribution in [0.4, 0.5) is 0 Å². The lowest BCUT2D eigenvalue weighted by Crippen LogP contribution is -2.46. The molecule has 0 saturated carbocycles. The van der Waals surface area contributed by atoms with Gasteiger partial charge >= 0.3 is 0 Å². The number of aliphatic hydroxyl groups is 2. The third-order valence-corrected chi connectivity index (χ3v) is 4.84. The van der Waals surface area contributed by atoms with Gasteiger partial charge < -0.3 is 39.4 Å². The van der Waals surface area contributed by atoms with E-state index in [0.717, 1.165) is 5.56 Å². The molecular weight excluding hydrogens is 368 g/mol. The number of aliphatic hydroxyl groups excluding tert-OH is 2. The Morgan fingerprint density at radius 2 is 1.18 bits per heavy atom. The summed E-state index contributed by atoms with van der Waals surface area (Å²) in [5, 5.41) is 39.6. The lowest BCUT2D eigenvalue weighted by atomic mass is 10.0. The van der Waals surface area contributed by atoms with E-state index in [9.17, 15) is 20.4 Å². The number of benzene rings is 2. The molecule has 6 atom stereocenters. The van der Waals surface area contributed by atoms with E-state index in [4.69, 9.17) is 18.9 Å². The van der Waals surface area contributed by atoms with Gasteiger partial charge in [-0.3, -0.25) is 0 Å². The van der Waals surface area contributed by atoms with Crippen LogP contribution >= 0.6 is 0 Å². The second-order valence-corrected chi connectivity index (χ2v) is 6.85. The fourth-order valence-corrected chi connectivity index (χ4v) is 3.28. The molecule has 2 aliphatic heterocycles. The monoisotopic (exact) mass is 390 g/mol. The van der Waals surface area contributed by atoms with E-state index in [0.29, 0.717) is 5.56 Å². The van der Waals surface area contributed by atoms with Gasteiger partial charge in [0.25, 0.3) is 0 Å². The fraction of sp³-hybridized carbons (Fsp3) is 0.400. The SMILES string of the molecule is Oc1ccc(C2OC[C@@H](O)[C@@H](O)[C@@H]([C@@H]3COC(c4ccc(O)cc4)O3)O2)cc1. The Hall–Kier alpha value is -2.20. The molecule has 28 heavy (non-hydrogen) atoms. The number of phenolic OH excluding ortho intramolecular Hbond substituents is 2. The van der Waals surface area contributed by atoms with E-state index in [1.165, 1.54) is 24.3 Å². The van der Waals surface area contributed by atoms with E-state index in [1.54, 1.807) is 24.3 Å². The summed E-state index contributed by atoms with van der Waals surface area (Å²) in [6.45, 7) is 0.0421. The van der Waals surface area contributed by atoms with Gasteiger partial charge in [-0.1, -0.05) is 24.3 Å². The Morgan fingerprint density at radius 3 is 1.75 bits per heavy atom. The Bertz CT molecular complexity index is 778. The molecule has 0 bridgehead atoms. The maximum Gasteiger partial charge on any atom is 0.184 e. The predicted molar refractivity (Wildman–Crippen MR) is 95.4 cm³/mol. The van der Waals surface area contributed by atoms with Gasteiger partial charge in [0.05, 0.1) is 13.2 Å². The van der Waals surface area contributed by atoms with Crippen LogP contribution in [0.5, 0.6) is 11.5 Å². The lowest BCUT2D eigenvalue weighted by molar-refractivity contribution is -0.200. The third-order valence-electron chi connectivity index (χ3n) is 4.84. The Balaban J connectivity index is 1.51. The second kappa shape index (κ2) is 8.04. The first-order chi connectivity index (χ1) is 13.5. The fourth-order valence-electron chi connectivity index (χ4n) is 3.28. The minimum atomic E-state index is -1.23. The molecule has 0 aliphatic carbocycles. The molecule has 150 valence electrons. The number of hydrogen-bond donors (Lipinski definition) is 4. The molecule has 0 aromatic heterocycles. The van der Waals surface area contributed by atoms with Crippen LogP contribution in [0.3, 0.4) is 0 Å². The minimum Gasteiger partial charge on any atom is -0.508 e. The summed E-state index contributed by atoms with van der Waals surface area (Å²) in [5.74, 6) is 0.246. The number of aromatic hydroxyl groups is 2. The van der Waals surface area contributed by atoms with Crippen molar-refractivity contribution in [3.63, 3.8) is 0 Å². The van der Waals surface area contributed by atoms with Crippen LogP contribution in [-0.2, 0) is 18.9 Å².